The maximum atomic E-state index is 12.3. The molecule has 1 aliphatic carbocycles. The first-order valence-corrected chi connectivity index (χ1v) is 9.82. The van der Waals surface area contributed by atoms with Crippen molar-refractivity contribution in [2.45, 2.75) is 39.0 Å². The van der Waals surface area contributed by atoms with Gasteiger partial charge in [0.1, 0.15) is 23.7 Å². The van der Waals surface area contributed by atoms with Crippen LogP contribution in [0, 0.1) is 12.8 Å². The molecule has 0 aliphatic heterocycles. The molecule has 0 saturated heterocycles. The Balaban J connectivity index is 2.08. The van der Waals surface area contributed by atoms with Crippen LogP contribution in [-0.2, 0) is 19.6 Å². The van der Waals surface area contributed by atoms with Crippen molar-refractivity contribution in [1.29, 1.82) is 0 Å². The number of esters is 2. The minimum Gasteiger partial charge on any atom is -0.461 e. The van der Waals surface area contributed by atoms with Gasteiger partial charge in [-0.1, -0.05) is 25.3 Å². The Kier molecular flexibility index (Phi) is 6.55. The summed E-state index contributed by atoms with van der Waals surface area (Å²) in [7, 11) is -4.21. The van der Waals surface area contributed by atoms with Gasteiger partial charge in [0.25, 0.3) is 10.1 Å². The first-order valence-electron chi connectivity index (χ1n) is 8.21. The summed E-state index contributed by atoms with van der Waals surface area (Å²) in [5.41, 5.74) is 0.853. The summed E-state index contributed by atoms with van der Waals surface area (Å²) in [4.78, 5) is 24.4. The number of carbonyl (C=O) groups excluding carboxylic acids is 2. The number of benzene rings is 1. The molecule has 2 rings (SSSR count). The molecular formula is C17H22O7S. The lowest BCUT2D eigenvalue weighted by atomic mass is 9.89. The quantitative estimate of drug-likeness (QED) is 0.466. The van der Waals surface area contributed by atoms with Crippen molar-refractivity contribution in [3.63, 3.8) is 0 Å². The summed E-state index contributed by atoms with van der Waals surface area (Å²) in [6, 6.07) is 4.70. The first-order chi connectivity index (χ1) is 11.8. The second-order valence-electron chi connectivity index (χ2n) is 6.18. The molecule has 7 nitrogen and oxygen atoms in total. The normalized spacial score (nSPS) is 15.6. The van der Waals surface area contributed by atoms with Crippen LogP contribution >= 0.6 is 0 Å². The van der Waals surface area contributed by atoms with E-state index in [9.17, 15) is 18.0 Å². The molecular weight excluding hydrogens is 348 g/mol. The molecule has 25 heavy (non-hydrogen) atoms. The van der Waals surface area contributed by atoms with Gasteiger partial charge in [0.2, 0.25) is 0 Å². The van der Waals surface area contributed by atoms with Gasteiger partial charge < -0.3 is 9.47 Å². The molecule has 0 radical (unpaired) electrons. The Morgan fingerprint density at radius 3 is 2.52 bits per heavy atom. The van der Waals surface area contributed by atoms with Gasteiger partial charge in [-0.25, -0.2) is 4.79 Å². The highest BCUT2D eigenvalue weighted by Crippen LogP contribution is 2.27. The van der Waals surface area contributed by atoms with E-state index in [-0.39, 0.29) is 23.2 Å². The van der Waals surface area contributed by atoms with Crippen LogP contribution in [0.5, 0.6) is 5.75 Å². The van der Waals surface area contributed by atoms with Crippen molar-refractivity contribution >= 4 is 22.1 Å². The average molecular weight is 370 g/mol. The van der Waals surface area contributed by atoms with Crippen LogP contribution in [-0.4, -0.2) is 37.3 Å². The Bertz CT molecular complexity index is 733. The minimum absolute atomic E-state index is 0.0464. The summed E-state index contributed by atoms with van der Waals surface area (Å²) in [6.45, 7) is 1.31. The fraction of sp³-hybridized carbons (Fsp3) is 0.529. The second-order valence-corrected chi connectivity index (χ2v) is 7.75. The number of ether oxygens (including phenoxy) is 2. The van der Waals surface area contributed by atoms with Crippen molar-refractivity contribution in [2.24, 2.45) is 5.92 Å². The van der Waals surface area contributed by atoms with Crippen molar-refractivity contribution < 1.29 is 32.0 Å². The van der Waals surface area contributed by atoms with Gasteiger partial charge in [-0.05, 0) is 37.5 Å². The minimum atomic E-state index is -4.21. The molecule has 1 N–H and O–H groups in total. The van der Waals surface area contributed by atoms with E-state index in [0.717, 1.165) is 37.7 Å². The third-order valence-electron chi connectivity index (χ3n) is 4.08. The van der Waals surface area contributed by atoms with Crippen molar-refractivity contribution in [3.05, 3.63) is 29.3 Å². The van der Waals surface area contributed by atoms with Crippen LogP contribution < -0.4 is 4.74 Å². The zero-order valence-electron chi connectivity index (χ0n) is 14.1. The highest BCUT2D eigenvalue weighted by molar-refractivity contribution is 7.85. The molecule has 0 unspecified atom stereocenters. The predicted molar refractivity (Wildman–Crippen MR) is 90.1 cm³/mol. The van der Waals surface area contributed by atoms with Crippen LogP contribution in [0.1, 0.15) is 48.0 Å². The van der Waals surface area contributed by atoms with Gasteiger partial charge in [0.15, 0.2) is 0 Å². The number of rotatable bonds is 6. The summed E-state index contributed by atoms with van der Waals surface area (Å²) < 4.78 is 40.3. The van der Waals surface area contributed by atoms with E-state index in [1.54, 1.807) is 19.1 Å². The standard InChI is InChI=1S/C17H22O7S/c1-12-7-8-14(17(19)23-9-10-25(20,21)22)15(11-12)24-16(18)13-5-3-2-4-6-13/h7-8,11,13H,2-6,9-10H2,1H3,(H,20,21,22). The molecule has 1 saturated carbocycles. The molecule has 0 aromatic heterocycles. The van der Waals surface area contributed by atoms with E-state index < -0.39 is 28.4 Å². The smallest absolute Gasteiger partial charge is 0.341 e. The van der Waals surface area contributed by atoms with Crippen LogP contribution in [0.25, 0.3) is 0 Å². The lowest BCUT2D eigenvalue weighted by Crippen LogP contribution is -2.24. The third-order valence-corrected chi connectivity index (χ3v) is 4.76. The second kappa shape index (κ2) is 8.44. The van der Waals surface area contributed by atoms with Crippen LogP contribution in [0.3, 0.4) is 0 Å². The largest absolute Gasteiger partial charge is 0.461 e. The Hall–Kier alpha value is -1.93. The predicted octanol–water partition coefficient (Wildman–Crippen LogP) is 2.53. The van der Waals surface area contributed by atoms with Crippen LogP contribution in [0.4, 0.5) is 0 Å². The molecule has 8 heteroatoms. The number of hydrogen-bond donors (Lipinski definition) is 1. The maximum Gasteiger partial charge on any atom is 0.341 e. The van der Waals surface area contributed by atoms with E-state index in [1.807, 2.05) is 0 Å². The monoisotopic (exact) mass is 370 g/mol. The molecule has 1 aromatic rings. The Labute approximate surface area is 147 Å². The Morgan fingerprint density at radius 2 is 1.88 bits per heavy atom. The number of aryl methyl sites for hydroxylation is 1. The fourth-order valence-corrected chi connectivity index (χ4v) is 3.02. The Morgan fingerprint density at radius 1 is 1.20 bits per heavy atom. The lowest BCUT2D eigenvalue weighted by Gasteiger charge is -2.20. The number of hydrogen-bond acceptors (Lipinski definition) is 6. The van der Waals surface area contributed by atoms with Gasteiger partial charge in [-0.3, -0.25) is 9.35 Å². The van der Waals surface area contributed by atoms with Crippen LogP contribution in [0.2, 0.25) is 0 Å². The molecule has 0 atom stereocenters. The summed E-state index contributed by atoms with van der Waals surface area (Å²) in [6.07, 6.45) is 4.63. The van der Waals surface area contributed by atoms with Gasteiger partial charge in [0.05, 0.1) is 5.92 Å². The van der Waals surface area contributed by atoms with Crippen molar-refractivity contribution in [1.82, 2.24) is 0 Å². The van der Waals surface area contributed by atoms with E-state index in [0.29, 0.717) is 0 Å². The zero-order chi connectivity index (χ0) is 18.4. The number of carbonyl (C=O) groups is 2. The molecule has 138 valence electrons. The fourth-order valence-electron chi connectivity index (χ4n) is 2.73. The molecule has 0 bridgehead atoms. The topological polar surface area (TPSA) is 107 Å². The molecule has 0 spiro atoms. The zero-order valence-corrected chi connectivity index (χ0v) is 14.9. The third kappa shape index (κ3) is 6.13. The van der Waals surface area contributed by atoms with Gasteiger partial charge >= 0.3 is 11.9 Å². The summed E-state index contributed by atoms with van der Waals surface area (Å²) >= 11 is 0. The van der Waals surface area contributed by atoms with Gasteiger partial charge in [0, 0.05) is 0 Å². The first kappa shape index (κ1) is 19.4. The molecule has 1 aromatic carbocycles. The van der Waals surface area contributed by atoms with Gasteiger partial charge in [-0.15, -0.1) is 0 Å². The van der Waals surface area contributed by atoms with E-state index in [2.05, 4.69) is 0 Å². The van der Waals surface area contributed by atoms with Crippen LogP contribution in [0.15, 0.2) is 18.2 Å². The molecule has 0 heterocycles. The van der Waals surface area contributed by atoms with E-state index in [4.69, 9.17) is 14.0 Å². The molecule has 1 aliphatic rings. The molecule has 1 fully saturated rings. The van der Waals surface area contributed by atoms with Gasteiger partial charge in [-0.2, -0.15) is 8.42 Å². The van der Waals surface area contributed by atoms with E-state index in [1.165, 1.54) is 6.07 Å². The lowest BCUT2D eigenvalue weighted by molar-refractivity contribution is -0.140. The van der Waals surface area contributed by atoms with Crippen molar-refractivity contribution in [2.75, 3.05) is 12.4 Å². The molecule has 0 amide bonds. The highest BCUT2D eigenvalue weighted by Gasteiger charge is 2.25. The SMILES string of the molecule is Cc1ccc(C(=O)OCCS(=O)(=O)O)c(OC(=O)C2CCCCC2)c1. The maximum absolute atomic E-state index is 12.3. The highest BCUT2D eigenvalue weighted by atomic mass is 32.2. The summed E-state index contributed by atoms with van der Waals surface area (Å²) in [5, 5.41) is 0. The van der Waals surface area contributed by atoms with Crippen molar-refractivity contribution in [3.8, 4) is 5.75 Å². The van der Waals surface area contributed by atoms with E-state index >= 15 is 0 Å². The summed E-state index contributed by atoms with van der Waals surface area (Å²) in [5.74, 6) is -1.93. The average Bonchev–Trinajstić information content (AvgIpc) is 2.54.